The molecule has 0 aromatic heterocycles. The van der Waals surface area contributed by atoms with Gasteiger partial charge in [-0.25, -0.2) is 0 Å². The van der Waals surface area contributed by atoms with Gasteiger partial charge in [0.05, 0.1) is 5.60 Å². The molecule has 0 aliphatic carbocycles. The van der Waals surface area contributed by atoms with Crippen LogP contribution in [0.5, 0.6) is 0 Å². The number of nitrogens with one attached hydrogen (secondary N) is 1. The zero-order valence-electron chi connectivity index (χ0n) is 9.71. The van der Waals surface area contributed by atoms with Crippen LogP contribution in [0.3, 0.4) is 0 Å². The number of amides is 1. The fourth-order valence-corrected chi connectivity index (χ4v) is 1.81. The lowest BCUT2D eigenvalue weighted by molar-refractivity contribution is -0.125. The van der Waals surface area contributed by atoms with Gasteiger partial charge >= 0.3 is 0 Å². The molecule has 1 aliphatic heterocycles. The predicted molar refractivity (Wildman–Crippen MR) is 59.4 cm³/mol. The number of ether oxygens (including phenoxy) is 1. The number of carbonyl (C=O) groups excluding carboxylic acids is 1. The van der Waals surface area contributed by atoms with Crippen molar-refractivity contribution in [3.8, 4) is 0 Å². The first-order valence-electron chi connectivity index (χ1n) is 5.69. The van der Waals surface area contributed by atoms with Crippen LogP contribution >= 0.6 is 0 Å². The van der Waals surface area contributed by atoms with Gasteiger partial charge < -0.3 is 15.8 Å². The average molecular weight is 214 g/mol. The summed E-state index contributed by atoms with van der Waals surface area (Å²) in [6.45, 7) is 5.93. The molecule has 4 heteroatoms. The van der Waals surface area contributed by atoms with Crippen LogP contribution in [0.25, 0.3) is 0 Å². The van der Waals surface area contributed by atoms with Crippen LogP contribution in [0.4, 0.5) is 0 Å². The van der Waals surface area contributed by atoms with Gasteiger partial charge in [-0.05, 0) is 32.7 Å². The van der Waals surface area contributed by atoms with E-state index in [1.165, 1.54) is 0 Å². The minimum atomic E-state index is -0.155. The van der Waals surface area contributed by atoms with Crippen molar-refractivity contribution < 1.29 is 9.53 Å². The minimum Gasteiger partial charge on any atom is -0.373 e. The number of carbonyl (C=O) groups is 1. The summed E-state index contributed by atoms with van der Waals surface area (Å²) in [7, 11) is 0. The van der Waals surface area contributed by atoms with E-state index in [2.05, 4.69) is 5.32 Å². The zero-order chi connectivity index (χ0) is 11.3. The summed E-state index contributed by atoms with van der Waals surface area (Å²) in [5.74, 6) is 0.0807. The molecule has 4 nitrogen and oxygen atoms in total. The van der Waals surface area contributed by atoms with Crippen LogP contribution in [0.2, 0.25) is 0 Å². The number of hydrogen-bond acceptors (Lipinski definition) is 3. The third-order valence-electron chi connectivity index (χ3n) is 2.98. The highest BCUT2D eigenvalue weighted by molar-refractivity contribution is 5.78. The van der Waals surface area contributed by atoms with E-state index in [-0.39, 0.29) is 17.4 Å². The minimum absolute atomic E-state index is 0.00000283. The van der Waals surface area contributed by atoms with E-state index >= 15 is 0 Å². The second kappa shape index (κ2) is 5.47. The fraction of sp³-hybridized carbons (Fsp3) is 0.909. The van der Waals surface area contributed by atoms with E-state index in [1.54, 1.807) is 0 Å². The van der Waals surface area contributed by atoms with Crippen molar-refractivity contribution in [2.75, 3.05) is 19.7 Å². The topological polar surface area (TPSA) is 64.4 Å². The van der Waals surface area contributed by atoms with E-state index in [0.717, 1.165) is 25.9 Å². The number of nitrogens with two attached hydrogens (primary N) is 1. The second-order valence-corrected chi connectivity index (χ2v) is 4.60. The molecule has 1 rings (SSSR count). The molecule has 0 aromatic carbocycles. The molecule has 2 unspecified atom stereocenters. The maximum absolute atomic E-state index is 11.6. The van der Waals surface area contributed by atoms with Gasteiger partial charge in [-0.3, -0.25) is 4.79 Å². The molecule has 0 spiro atoms. The molecule has 15 heavy (non-hydrogen) atoms. The summed E-state index contributed by atoms with van der Waals surface area (Å²) in [5.41, 5.74) is 5.25. The van der Waals surface area contributed by atoms with E-state index in [4.69, 9.17) is 10.5 Å². The number of hydrogen-bond donors (Lipinski definition) is 2. The molecule has 0 aromatic rings. The third kappa shape index (κ3) is 3.80. The third-order valence-corrected chi connectivity index (χ3v) is 2.98. The van der Waals surface area contributed by atoms with Crippen LogP contribution in [-0.2, 0) is 9.53 Å². The average Bonchev–Trinajstić information content (AvgIpc) is 2.63. The van der Waals surface area contributed by atoms with Crippen molar-refractivity contribution in [3.05, 3.63) is 0 Å². The van der Waals surface area contributed by atoms with Crippen molar-refractivity contribution in [3.63, 3.8) is 0 Å². The fourth-order valence-electron chi connectivity index (χ4n) is 1.81. The Bertz CT molecular complexity index is 213. The van der Waals surface area contributed by atoms with Crippen LogP contribution in [-0.4, -0.2) is 31.2 Å². The van der Waals surface area contributed by atoms with E-state index in [0.29, 0.717) is 13.1 Å². The molecule has 1 aliphatic rings. The van der Waals surface area contributed by atoms with Gasteiger partial charge in [0.15, 0.2) is 0 Å². The van der Waals surface area contributed by atoms with Gasteiger partial charge in [0.25, 0.3) is 0 Å². The monoisotopic (exact) mass is 214 g/mol. The zero-order valence-corrected chi connectivity index (χ0v) is 9.71. The Hall–Kier alpha value is -0.610. The summed E-state index contributed by atoms with van der Waals surface area (Å²) in [6.07, 6.45) is 2.85. The first-order valence-corrected chi connectivity index (χ1v) is 5.69. The van der Waals surface area contributed by atoms with Crippen molar-refractivity contribution in [1.82, 2.24) is 5.32 Å². The van der Waals surface area contributed by atoms with Gasteiger partial charge in [-0.2, -0.15) is 0 Å². The Morgan fingerprint density at radius 2 is 2.40 bits per heavy atom. The van der Waals surface area contributed by atoms with E-state index in [1.807, 2.05) is 13.8 Å². The molecule has 0 radical (unpaired) electrons. The molecule has 88 valence electrons. The highest BCUT2D eigenvalue weighted by Gasteiger charge is 2.30. The van der Waals surface area contributed by atoms with Gasteiger partial charge in [0.1, 0.15) is 0 Å². The second-order valence-electron chi connectivity index (χ2n) is 4.60. The molecule has 2 atom stereocenters. The summed E-state index contributed by atoms with van der Waals surface area (Å²) in [6, 6.07) is 0. The summed E-state index contributed by atoms with van der Waals surface area (Å²) >= 11 is 0. The van der Waals surface area contributed by atoms with Gasteiger partial charge in [-0.15, -0.1) is 0 Å². The van der Waals surface area contributed by atoms with Crippen LogP contribution < -0.4 is 11.1 Å². The normalized spacial score (nSPS) is 27.7. The molecule has 1 amide bonds. The molecule has 0 saturated carbocycles. The maximum atomic E-state index is 11.6. The lowest BCUT2D eigenvalue weighted by atomic mass is 10.0. The molecular formula is C11H22N2O2. The molecule has 3 N–H and O–H groups in total. The Labute approximate surface area is 91.5 Å². The van der Waals surface area contributed by atoms with Crippen molar-refractivity contribution in [2.24, 2.45) is 11.7 Å². The van der Waals surface area contributed by atoms with Gasteiger partial charge in [-0.1, -0.05) is 6.92 Å². The van der Waals surface area contributed by atoms with Crippen molar-refractivity contribution >= 4 is 5.91 Å². The quantitative estimate of drug-likeness (QED) is 0.706. The smallest absolute Gasteiger partial charge is 0.222 e. The Kier molecular flexibility index (Phi) is 4.54. The summed E-state index contributed by atoms with van der Waals surface area (Å²) in [5, 5.41) is 2.93. The Balaban J connectivity index is 2.26. The largest absolute Gasteiger partial charge is 0.373 e. The maximum Gasteiger partial charge on any atom is 0.222 e. The predicted octanol–water partition coefficient (Wildman–Crippen LogP) is 0.657. The standard InChI is InChI=1S/C11H22N2O2/c1-9(4-6-12)10(14)13-8-11(2)5-3-7-15-11/h9H,3-8,12H2,1-2H3,(H,13,14). The van der Waals surface area contributed by atoms with Crippen molar-refractivity contribution in [2.45, 2.75) is 38.7 Å². The molecular weight excluding hydrogens is 192 g/mol. The molecule has 1 fully saturated rings. The van der Waals surface area contributed by atoms with Crippen LogP contribution in [0, 0.1) is 5.92 Å². The van der Waals surface area contributed by atoms with E-state index < -0.39 is 0 Å². The van der Waals surface area contributed by atoms with Gasteiger partial charge in [0.2, 0.25) is 5.91 Å². The SMILES string of the molecule is CC(CCN)C(=O)NCC1(C)CCCO1. The van der Waals surface area contributed by atoms with Crippen molar-refractivity contribution in [1.29, 1.82) is 0 Å². The first kappa shape index (κ1) is 12.5. The highest BCUT2D eigenvalue weighted by Crippen LogP contribution is 2.23. The lowest BCUT2D eigenvalue weighted by Gasteiger charge is -2.24. The molecule has 1 saturated heterocycles. The lowest BCUT2D eigenvalue weighted by Crippen LogP contribution is -2.42. The Morgan fingerprint density at radius 3 is 2.93 bits per heavy atom. The summed E-state index contributed by atoms with van der Waals surface area (Å²) < 4.78 is 5.59. The molecule has 0 bridgehead atoms. The number of rotatable bonds is 5. The Morgan fingerprint density at radius 1 is 1.67 bits per heavy atom. The first-order chi connectivity index (χ1) is 7.07. The van der Waals surface area contributed by atoms with Crippen LogP contribution in [0.15, 0.2) is 0 Å². The van der Waals surface area contributed by atoms with Gasteiger partial charge in [0, 0.05) is 19.1 Å². The van der Waals surface area contributed by atoms with E-state index in [9.17, 15) is 4.79 Å². The summed E-state index contributed by atoms with van der Waals surface area (Å²) in [4.78, 5) is 11.6. The molecule has 1 heterocycles. The highest BCUT2D eigenvalue weighted by atomic mass is 16.5. The van der Waals surface area contributed by atoms with Crippen LogP contribution in [0.1, 0.15) is 33.1 Å².